The number of rotatable bonds is 5. The Bertz CT molecular complexity index is 472. The third-order valence-corrected chi connectivity index (χ3v) is 4.07. The first kappa shape index (κ1) is 14.6. The van der Waals surface area contributed by atoms with Gasteiger partial charge >= 0.3 is 5.97 Å². The molecule has 0 radical (unpaired) electrons. The second kappa shape index (κ2) is 6.55. The first-order chi connectivity index (χ1) is 9.61. The average molecular weight is 275 g/mol. The number of hydrogen-bond donors (Lipinski definition) is 1. The Morgan fingerprint density at radius 3 is 2.60 bits per heavy atom. The van der Waals surface area contributed by atoms with Gasteiger partial charge in [-0.3, -0.25) is 9.59 Å². The van der Waals surface area contributed by atoms with Crippen LogP contribution in [0, 0.1) is 5.92 Å². The number of aliphatic carboxylic acids is 1. The lowest BCUT2D eigenvalue weighted by atomic mass is 9.93. The van der Waals surface area contributed by atoms with Crippen molar-refractivity contribution in [1.82, 2.24) is 4.90 Å². The number of hydrogen-bond acceptors (Lipinski definition) is 2. The van der Waals surface area contributed by atoms with Gasteiger partial charge in [-0.1, -0.05) is 37.3 Å². The number of nitrogens with zero attached hydrogens (tertiary/aromatic N) is 1. The van der Waals surface area contributed by atoms with E-state index in [-0.39, 0.29) is 11.8 Å². The maximum absolute atomic E-state index is 12.3. The fourth-order valence-corrected chi connectivity index (χ4v) is 2.75. The van der Waals surface area contributed by atoms with Crippen LogP contribution in [0.3, 0.4) is 0 Å². The molecule has 1 amide bonds. The minimum Gasteiger partial charge on any atom is -0.481 e. The number of carbonyl (C=O) groups excluding carboxylic acids is 1. The first-order valence-electron chi connectivity index (χ1n) is 7.17. The molecule has 2 atom stereocenters. The molecule has 1 aromatic rings. The summed E-state index contributed by atoms with van der Waals surface area (Å²) in [5, 5.41) is 8.98. The molecule has 1 N–H and O–H groups in total. The van der Waals surface area contributed by atoms with Crippen LogP contribution in [0.4, 0.5) is 0 Å². The fraction of sp³-hybridized carbons (Fsp3) is 0.500. The van der Waals surface area contributed by atoms with Gasteiger partial charge in [0.25, 0.3) is 0 Å². The van der Waals surface area contributed by atoms with E-state index >= 15 is 0 Å². The van der Waals surface area contributed by atoms with E-state index in [1.54, 1.807) is 4.90 Å². The minimum absolute atomic E-state index is 0.0736. The summed E-state index contributed by atoms with van der Waals surface area (Å²) in [4.78, 5) is 24.9. The Hall–Kier alpha value is -1.84. The lowest BCUT2D eigenvalue weighted by molar-refractivity contribution is -0.141. The summed E-state index contributed by atoms with van der Waals surface area (Å²) >= 11 is 0. The van der Waals surface area contributed by atoms with Gasteiger partial charge < -0.3 is 10.0 Å². The first-order valence-corrected chi connectivity index (χ1v) is 7.17. The maximum Gasteiger partial charge on any atom is 0.308 e. The van der Waals surface area contributed by atoms with Crippen molar-refractivity contribution in [3.05, 3.63) is 35.9 Å². The minimum atomic E-state index is -0.796. The molecule has 108 valence electrons. The van der Waals surface area contributed by atoms with E-state index in [0.29, 0.717) is 25.9 Å². The smallest absolute Gasteiger partial charge is 0.308 e. The standard InChI is InChI=1S/C16H21NO3/c1-2-12(13-6-4-3-5-7-13)10-15(18)17-9-8-14(11-17)16(19)20/h3-7,12,14H,2,8-11H2,1H3,(H,19,20). The fourth-order valence-electron chi connectivity index (χ4n) is 2.75. The van der Waals surface area contributed by atoms with Crippen LogP contribution in [0.1, 0.15) is 37.7 Å². The third-order valence-electron chi connectivity index (χ3n) is 4.07. The second-order valence-electron chi connectivity index (χ2n) is 5.38. The van der Waals surface area contributed by atoms with E-state index in [9.17, 15) is 9.59 Å². The summed E-state index contributed by atoms with van der Waals surface area (Å²) in [7, 11) is 0. The number of amides is 1. The Morgan fingerprint density at radius 2 is 2.05 bits per heavy atom. The summed E-state index contributed by atoms with van der Waals surface area (Å²) < 4.78 is 0. The van der Waals surface area contributed by atoms with Crippen molar-refractivity contribution in [2.45, 2.75) is 32.1 Å². The summed E-state index contributed by atoms with van der Waals surface area (Å²) in [6.45, 7) is 3.01. The van der Waals surface area contributed by atoms with Gasteiger partial charge in [0.1, 0.15) is 0 Å². The van der Waals surface area contributed by atoms with E-state index in [4.69, 9.17) is 5.11 Å². The van der Waals surface area contributed by atoms with Crippen molar-refractivity contribution in [3.63, 3.8) is 0 Å². The van der Waals surface area contributed by atoms with Gasteiger partial charge in [-0.15, -0.1) is 0 Å². The van der Waals surface area contributed by atoms with Crippen LogP contribution < -0.4 is 0 Å². The zero-order valence-corrected chi connectivity index (χ0v) is 11.8. The van der Waals surface area contributed by atoms with Crippen LogP contribution in [0.15, 0.2) is 30.3 Å². The summed E-state index contributed by atoms with van der Waals surface area (Å²) in [5.41, 5.74) is 1.18. The van der Waals surface area contributed by atoms with Crippen molar-refractivity contribution in [2.75, 3.05) is 13.1 Å². The zero-order valence-electron chi connectivity index (χ0n) is 11.8. The van der Waals surface area contributed by atoms with E-state index in [2.05, 4.69) is 6.92 Å². The van der Waals surface area contributed by atoms with E-state index in [0.717, 1.165) is 6.42 Å². The average Bonchev–Trinajstić information content (AvgIpc) is 2.95. The van der Waals surface area contributed by atoms with Gasteiger partial charge in [-0.05, 0) is 24.3 Å². The topological polar surface area (TPSA) is 57.6 Å². The lowest BCUT2D eigenvalue weighted by Crippen LogP contribution is -2.30. The van der Waals surface area contributed by atoms with E-state index in [1.807, 2.05) is 30.3 Å². The molecule has 1 aromatic carbocycles. The van der Waals surface area contributed by atoms with Crippen LogP contribution in [0.2, 0.25) is 0 Å². The molecule has 0 aliphatic carbocycles. The molecule has 0 saturated carbocycles. The van der Waals surface area contributed by atoms with Crippen molar-refractivity contribution < 1.29 is 14.7 Å². The van der Waals surface area contributed by atoms with Gasteiger partial charge in [0, 0.05) is 19.5 Å². The number of benzene rings is 1. The molecule has 1 aliphatic rings. The summed E-state index contributed by atoms with van der Waals surface area (Å²) in [6, 6.07) is 10.0. The number of carbonyl (C=O) groups is 2. The Kier molecular flexibility index (Phi) is 4.77. The molecule has 1 fully saturated rings. The highest BCUT2D eigenvalue weighted by molar-refractivity contribution is 5.79. The van der Waals surface area contributed by atoms with Crippen molar-refractivity contribution in [1.29, 1.82) is 0 Å². The van der Waals surface area contributed by atoms with Gasteiger partial charge in [-0.2, -0.15) is 0 Å². The lowest BCUT2D eigenvalue weighted by Gasteiger charge is -2.20. The van der Waals surface area contributed by atoms with E-state index in [1.165, 1.54) is 5.56 Å². The maximum atomic E-state index is 12.3. The number of carboxylic acids is 1. The van der Waals surface area contributed by atoms with Crippen LogP contribution in [0.5, 0.6) is 0 Å². The quantitative estimate of drug-likeness (QED) is 0.898. The molecule has 1 aliphatic heterocycles. The zero-order chi connectivity index (χ0) is 14.5. The number of likely N-dealkylation sites (tertiary alicyclic amines) is 1. The molecule has 1 saturated heterocycles. The molecule has 0 aromatic heterocycles. The molecular weight excluding hydrogens is 254 g/mol. The van der Waals surface area contributed by atoms with Gasteiger partial charge in [0.2, 0.25) is 5.91 Å². The molecule has 0 bridgehead atoms. The second-order valence-corrected chi connectivity index (χ2v) is 5.38. The predicted octanol–water partition coefficient (Wildman–Crippen LogP) is 2.50. The summed E-state index contributed by atoms with van der Waals surface area (Å²) in [6.07, 6.45) is 1.95. The van der Waals surface area contributed by atoms with Crippen molar-refractivity contribution in [2.24, 2.45) is 5.92 Å². The molecule has 4 heteroatoms. The van der Waals surface area contributed by atoms with Crippen LogP contribution >= 0.6 is 0 Å². The monoisotopic (exact) mass is 275 g/mol. The summed E-state index contributed by atoms with van der Waals surface area (Å²) in [5.74, 6) is -0.900. The molecule has 4 nitrogen and oxygen atoms in total. The SMILES string of the molecule is CCC(CC(=O)N1CCC(C(=O)O)C1)c1ccccc1. The Labute approximate surface area is 119 Å². The highest BCUT2D eigenvalue weighted by atomic mass is 16.4. The van der Waals surface area contributed by atoms with Crippen LogP contribution in [-0.4, -0.2) is 35.0 Å². The van der Waals surface area contributed by atoms with Crippen LogP contribution in [-0.2, 0) is 9.59 Å². The highest BCUT2D eigenvalue weighted by Crippen LogP contribution is 2.26. The molecule has 2 unspecified atom stereocenters. The van der Waals surface area contributed by atoms with Crippen molar-refractivity contribution in [3.8, 4) is 0 Å². The molecule has 20 heavy (non-hydrogen) atoms. The molecule has 2 rings (SSSR count). The molecular formula is C16H21NO3. The molecule has 0 spiro atoms. The normalized spacial score (nSPS) is 19.9. The largest absolute Gasteiger partial charge is 0.481 e. The highest BCUT2D eigenvalue weighted by Gasteiger charge is 2.31. The molecule has 1 heterocycles. The van der Waals surface area contributed by atoms with Gasteiger partial charge in [0.15, 0.2) is 0 Å². The van der Waals surface area contributed by atoms with Gasteiger partial charge in [-0.25, -0.2) is 0 Å². The Balaban J connectivity index is 1.95. The Morgan fingerprint density at radius 1 is 1.35 bits per heavy atom. The third kappa shape index (κ3) is 3.38. The van der Waals surface area contributed by atoms with Gasteiger partial charge in [0.05, 0.1) is 5.92 Å². The predicted molar refractivity (Wildman–Crippen MR) is 76.4 cm³/mol. The van der Waals surface area contributed by atoms with Crippen molar-refractivity contribution >= 4 is 11.9 Å². The van der Waals surface area contributed by atoms with E-state index < -0.39 is 11.9 Å². The van der Waals surface area contributed by atoms with Crippen LogP contribution in [0.25, 0.3) is 0 Å². The number of carboxylic acid groups (broad SMARTS) is 1.